The lowest BCUT2D eigenvalue weighted by Crippen LogP contribution is -2.16. The van der Waals surface area contributed by atoms with E-state index in [1.165, 1.54) is 10.8 Å². The van der Waals surface area contributed by atoms with E-state index in [1.807, 2.05) is 24.3 Å². The second kappa shape index (κ2) is 3.92. The van der Waals surface area contributed by atoms with Crippen molar-refractivity contribution in [2.75, 3.05) is 5.32 Å². The fraction of sp³-hybridized carbons (Fsp3) is 0. The van der Waals surface area contributed by atoms with Crippen LogP contribution in [-0.4, -0.2) is 10.8 Å². The van der Waals surface area contributed by atoms with Gasteiger partial charge < -0.3 is 5.32 Å². The second-order valence-electron chi connectivity index (χ2n) is 4.50. The van der Waals surface area contributed by atoms with Crippen molar-refractivity contribution in [2.45, 2.75) is 0 Å². The maximum Gasteiger partial charge on any atom is 0.138 e. The molecule has 4 rings (SSSR count). The number of aromatic nitrogens is 1. The molecule has 0 fully saturated rings. The van der Waals surface area contributed by atoms with Crippen LogP contribution < -0.4 is 5.32 Å². The highest BCUT2D eigenvalue weighted by Crippen LogP contribution is 2.36. The standard InChI is InChI=1S/C16H11N3/c1-3-11-4-2-6-14-15(11)13(5-1)18-16(19-14)12-7-9-17-10-8-12/h1-10H,(H,18,19). The Morgan fingerprint density at radius 1 is 0.842 bits per heavy atom. The molecule has 1 aliphatic rings. The molecule has 0 unspecified atom stereocenters. The normalized spacial score (nSPS) is 12.9. The number of hydrogen-bond donors (Lipinski definition) is 1. The number of pyridine rings is 1. The average Bonchev–Trinajstić information content (AvgIpc) is 2.49. The first kappa shape index (κ1) is 10.3. The van der Waals surface area contributed by atoms with Crippen LogP contribution in [0.3, 0.4) is 0 Å². The van der Waals surface area contributed by atoms with Gasteiger partial charge in [0.1, 0.15) is 5.84 Å². The molecule has 0 amide bonds. The zero-order valence-corrected chi connectivity index (χ0v) is 10.2. The third kappa shape index (κ3) is 1.59. The Balaban J connectivity index is 1.96. The van der Waals surface area contributed by atoms with Gasteiger partial charge in [0.25, 0.3) is 0 Å². The summed E-state index contributed by atoms with van der Waals surface area (Å²) < 4.78 is 0. The Labute approximate surface area is 110 Å². The fourth-order valence-electron chi connectivity index (χ4n) is 2.44. The molecule has 2 aromatic carbocycles. The molecule has 90 valence electrons. The minimum Gasteiger partial charge on any atom is -0.339 e. The van der Waals surface area contributed by atoms with E-state index in [1.54, 1.807) is 12.4 Å². The fourth-order valence-corrected chi connectivity index (χ4v) is 2.44. The summed E-state index contributed by atoms with van der Waals surface area (Å²) in [6.07, 6.45) is 3.56. The van der Waals surface area contributed by atoms with Crippen molar-refractivity contribution in [3.8, 4) is 0 Å². The van der Waals surface area contributed by atoms with Crippen molar-refractivity contribution in [2.24, 2.45) is 4.99 Å². The van der Waals surface area contributed by atoms with Crippen LogP contribution >= 0.6 is 0 Å². The van der Waals surface area contributed by atoms with Crippen LogP contribution in [0.4, 0.5) is 11.4 Å². The summed E-state index contributed by atoms with van der Waals surface area (Å²) in [6.45, 7) is 0. The molecule has 3 aromatic rings. The molecule has 0 bridgehead atoms. The molecule has 0 aliphatic carbocycles. The SMILES string of the molecule is c1cc2c3c(cccc3c1)NC(c1ccncc1)=N2. The highest BCUT2D eigenvalue weighted by atomic mass is 15.0. The number of anilines is 1. The molecule has 3 heteroatoms. The minimum atomic E-state index is 0.869. The van der Waals surface area contributed by atoms with Gasteiger partial charge in [0.15, 0.2) is 0 Å². The van der Waals surface area contributed by atoms with Crippen LogP contribution in [-0.2, 0) is 0 Å². The van der Waals surface area contributed by atoms with Crippen LogP contribution in [0.15, 0.2) is 65.9 Å². The van der Waals surface area contributed by atoms with Gasteiger partial charge in [0.05, 0.1) is 5.69 Å². The summed E-state index contributed by atoms with van der Waals surface area (Å²) >= 11 is 0. The quantitative estimate of drug-likeness (QED) is 0.709. The molecule has 0 radical (unpaired) electrons. The first-order chi connectivity index (χ1) is 9.42. The number of amidine groups is 1. The number of nitrogens with zero attached hydrogens (tertiary/aromatic N) is 2. The van der Waals surface area contributed by atoms with Gasteiger partial charge >= 0.3 is 0 Å². The van der Waals surface area contributed by atoms with Crippen LogP contribution in [0.1, 0.15) is 5.56 Å². The Morgan fingerprint density at radius 2 is 1.63 bits per heavy atom. The molecule has 19 heavy (non-hydrogen) atoms. The van der Waals surface area contributed by atoms with Gasteiger partial charge in [-0.15, -0.1) is 0 Å². The van der Waals surface area contributed by atoms with Gasteiger partial charge in [-0.25, -0.2) is 4.99 Å². The molecular formula is C16H11N3. The zero-order chi connectivity index (χ0) is 12.7. The van der Waals surface area contributed by atoms with E-state index in [9.17, 15) is 0 Å². The maximum atomic E-state index is 4.71. The van der Waals surface area contributed by atoms with E-state index in [-0.39, 0.29) is 0 Å². The van der Waals surface area contributed by atoms with E-state index in [2.05, 4.69) is 34.6 Å². The van der Waals surface area contributed by atoms with E-state index in [4.69, 9.17) is 4.99 Å². The highest BCUT2D eigenvalue weighted by molar-refractivity contribution is 6.18. The van der Waals surface area contributed by atoms with Gasteiger partial charge in [0.2, 0.25) is 0 Å². The molecular weight excluding hydrogens is 234 g/mol. The third-order valence-electron chi connectivity index (χ3n) is 3.32. The molecule has 1 aromatic heterocycles. The van der Waals surface area contributed by atoms with Crippen molar-refractivity contribution < 1.29 is 0 Å². The van der Waals surface area contributed by atoms with Gasteiger partial charge in [0, 0.05) is 29.0 Å². The molecule has 0 saturated heterocycles. The predicted molar refractivity (Wildman–Crippen MR) is 78.0 cm³/mol. The monoisotopic (exact) mass is 245 g/mol. The average molecular weight is 245 g/mol. The summed E-state index contributed by atoms with van der Waals surface area (Å²) in [6, 6.07) is 16.4. The van der Waals surface area contributed by atoms with Crippen molar-refractivity contribution in [1.29, 1.82) is 0 Å². The lowest BCUT2D eigenvalue weighted by Gasteiger charge is -2.18. The molecule has 3 nitrogen and oxygen atoms in total. The van der Waals surface area contributed by atoms with Crippen LogP contribution in [0.5, 0.6) is 0 Å². The topological polar surface area (TPSA) is 37.3 Å². The maximum absolute atomic E-state index is 4.71. The number of hydrogen-bond acceptors (Lipinski definition) is 3. The summed E-state index contributed by atoms with van der Waals surface area (Å²) in [5.41, 5.74) is 3.16. The molecule has 2 heterocycles. The number of rotatable bonds is 1. The van der Waals surface area contributed by atoms with Gasteiger partial charge in [-0.1, -0.05) is 24.3 Å². The van der Waals surface area contributed by atoms with E-state index >= 15 is 0 Å². The Kier molecular flexibility index (Phi) is 2.12. The largest absolute Gasteiger partial charge is 0.339 e. The lowest BCUT2D eigenvalue weighted by molar-refractivity contribution is 1.31. The van der Waals surface area contributed by atoms with Crippen LogP contribution in [0.25, 0.3) is 10.8 Å². The van der Waals surface area contributed by atoms with Gasteiger partial charge in [-0.2, -0.15) is 0 Å². The first-order valence-corrected chi connectivity index (χ1v) is 6.20. The highest BCUT2D eigenvalue weighted by Gasteiger charge is 2.14. The molecule has 0 atom stereocenters. The Morgan fingerprint density at radius 3 is 2.47 bits per heavy atom. The molecule has 0 saturated carbocycles. The summed E-state index contributed by atoms with van der Waals surface area (Å²) in [5.74, 6) is 0.869. The van der Waals surface area contributed by atoms with E-state index in [0.717, 1.165) is 22.8 Å². The summed E-state index contributed by atoms with van der Waals surface area (Å²) in [4.78, 5) is 8.75. The lowest BCUT2D eigenvalue weighted by atomic mass is 10.0. The van der Waals surface area contributed by atoms with Crippen molar-refractivity contribution in [3.63, 3.8) is 0 Å². The van der Waals surface area contributed by atoms with Crippen LogP contribution in [0.2, 0.25) is 0 Å². The van der Waals surface area contributed by atoms with Crippen molar-refractivity contribution in [1.82, 2.24) is 4.98 Å². The zero-order valence-electron chi connectivity index (χ0n) is 10.2. The predicted octanol–water partition coefficient (Wildman–Crippen LogP) is 3.74. The first-order valence-electron chi connectivity index (χ1n) is 6.20. The molecule has 0 spiro atoms. The smallest absolute Gasteiger partial charge is 0.138 e. The number of nitrogens with one attached hydrogen (secondary N) is 1. The Hall–Kier alpha value is -2.68. The van der Waals surface area contributed by atoms with Gasteiger partial charge in [-0.3, -0.25) is 4.98 Å². The minimum absolute atomic E-state index is 0.869. The van der Waals surface area contributed by atoms with Crippen molar-refractivity contribution in [3.05, 3.63) is 66.5 Å². The third-order valence-corrected chi connectivity index (χ3v) is 3.32. The molecule has 1 aliphatic heterocycles. The number of aliphatic imine (C=N–C) groups is 1. The summed E-state index contributed by atoms with van der Waals surface area (Å²) in [7, 11) is 0. The number of benzene rings is 2. The van der Waals surface area contributed by atoms with E-state index < -0.39 is 0 Å². The molecule has 1 N–H and O–H groups in total. The second-order valence-corrected chi connectivity index (χ2v) is 4.50. The van der Waals surface area contributed by atoms with E-state index in [0.29, 0.717) is 0 Å². The Bertz CT molecular complexity index is 786. The van der Waals surface area contributed by atoms with Crippen molar-refractivity contribution >= 4 is 28.0 Å². The van der Waals surface area contributed by atoms with Crippen LogP contribution in [0, 0.1) is 0 Å². The van der Waals surface area contributed by atoms with Gasteiger partial charge in [-0.05, 0) is 29.7 Å². The summed E-state index contributed by atoms with van der Waals surface area (Å²) in [5, 5.41) is 5.79.